The van der Waals surface area contributed by atoms with Crippen molar-refractivity contribution in [3.63, 3.8) is 0 Å². The van der Waals surface area contributed by atoms with Gasteiger partial charge in [-0.3, -0.25) is 14.8 Å². The molecule has 0 unspecified atom stereocenters. The molecule has 136 valence electrons. The number of H-pyrrole nitrogens is 1. The van der Waals surface area contributed by atoms with Crippen LogP contribution in [-0.4, -0.2) is 51.6 Å². The largest absolute Gasteiger partial charge is 0.334 e. The summed E-state index contributed by atoms with van der Waals surface area (Å²) >= 11 is 0. The van der Waals surface area contributed by atoms with Crippen molar-refractivity contribution in [3.05, 3.63) is 77.5 Å². The minimum atomic E-state index is 0.0401. The van der Waals surface area contributed by atoms with Crippen molar-refractivity contribution in [1.29, 1.82) is 0 Å². The molecule has 0 saturated carbocycles. The summed E-state index contributed by atoms with van der Waals surface area (Å²) in [6, 6.07) is 20.9. The van der Waals surface area contributed by atoms with Gasteiger partial charge in [-0.2, -0.15) is 5.10 Å². The average molecular weight is 358 g/mol. The van der Waals surface area contributed by atoms with Crippen LogP contribution in [0.2, 0.25) is 0 Å². The normalized spacial score (nSPS) is 17.4. The van der Waals surface area contributed by atoms with Crippen LogP contribution in [0, 0.1) is 0 Å². The number of fused-ring (bicyclic) bond motifs is 1. The van der Waals surface area contributed by atoms with Crippen LogP contribution in [0.4, 0.5) is 0 Å². The molecule has 2 aliphatic rings. The Bertz CT molecular complexity index is 959. The molecule has 2 aliphatic heterocycles. The Morgan fingerprint density at radius 2 is 1.74 bits per heavy atom. The third-order valence-corrected chi connectivity index (χ3v) is 5.70. The number of amides is 1. The zero-order valence-corrected chi connectivity index (χ0v) is 15.1. The number of carbonyl (C=O) groups is 1. The monoisotopic (exact) mass is 358 g/mol. The Hall–Kier alpha value is -2.92. The lowest BCUT2D eigenvalue weighted by Gasteiger charge is -2.46. The van der Waals surface area contributed by atoms with Crippen LogP contribution in [-0.2, 0) is 13.0 Å². The fraction of sp³-hybridized carbons (Fsp3) is 0.273. The van der Waals surface area contributed by atoms with Gasteiger partial charge in [-0.15, -0.1) is 0 Å². The molecular weight excluding hydrogens is 336 g/mol. The SMILES string of the molecule is O=C(c1cc(-c2ccccc2)n[nH]1)N1CC(N2CCc3ccccc3C2)C1. The number of carbonyl (C=O) groups excluding carboxylic acids is 1. The molecule has 0 aliphatic carbocycles. The number of hydrogen-bond acceptors (Lipinski definition) is 3. The molecule has 3 heterocycles. The topological polar surface area (TPSA) is 52.2 Å². The molecule has 27 heavy (non-hydrogen) atoms. The van der Waals surface area contributed by atoms with Crippen molar-refractivity contribution in [1.82, 2.24) is 20.0 Å². The van der Waals surface area contributed by atoms with Gasteiger partial charge in [-0.1, -0.05) is 54.6 Å². The van der Waals surface area contributed by atoms with Crippen molar-refractivity contribution in [2.75, 3.05) is 19.6 Å². The number of aromatic nitrogens is 2. The maximum Gasteiger partial charge on any atom is 0.271 e. The lowest BCUT2D eigenvalue weighted by molar-refractivity contribution is 0.0214. The Kier molecular flexibility index (Phi) is 4.02. The van der Waals surface area contributed by atoms with E-state index in [4.69, 9.17) is 0 Å². The van der Waals surface area contributed by atoms with Crippen LogP contribution >= 0.6 is 0 Å². The smallest absolute Gasteiger partial charge is 0.271 e. The zero-order chi connectivity index (χ0) is 18.2. The predicted octanol–water partition coefficient (Wildman–Crippen LogP) is 2.96. The maximum absolute atomic E-state index is 12.7. The first kappa shape index (κ1) is 16.3. The highest BCUT2D eigenvalue weighted by Gasteiger charge is 2.36. The number of benzene rings is 2. The second-order valence-corrected chi connectivity index (χ2v) is 7.39. The molecule has 5 heteroatoms. The molecule has 0 spiro atoms. The molecule has 5 nitrogen and oxygen atoms in total. The summed E-state index contributed by atoms with van der Waals surface area (Å²) in [6.45, 7) is 3.65. The molecule has 5 rings (SSSR count). The molecule has 3 aromatic rings. The molecule has 1 saturated heterocycles. The van der Waals surface area contributed by atoms with Crippen LogP contribution < -0.4 is 0 Å². The number of aromatic amines is 1. The first-order valence-electron chi connectivity index (χ1n) is 9.49. The highest BCUT2D eigenvalue weighted by Crippen LogP contribution is 2.25. The van der Waals surface area contributed by atoms with Gasteiger partial charge in [0.2, 0.25) is 0 Å². The summed E-state index contributed by atoms with van der Waals surface area (Å²) in [4.78, 5) is 17.2. The molecule has 0 radical (unpaired) electrons. The Labute approximate surface area is 158 Å². The van der Waals surface area contributed by atoms with Crippen molar-refractivity contribution in [3.8, 4) is 11.3 Å². The minimum absolute atomic E-state index is 0.0401. The van der Waals surface area contributed by atoms with E-state index in [9.17, 15) is 4.79 Å². The summed E-state index contributed by atoms with van der Waals surface area (Å²) in [5, 5.41) is 7.20. The average Bonchev–Trinajstić information content (AvgIpc) is 3.18. The van der Waals surface area contributed by atoms with Crippen molar-refractivity contribution in [2.24, 2.45) is 0 Å². The van der Waals surface area contributed by atoms with E-state index in [1.54, 1.807) is 0 Å². The molecule has 0 atom stereocenters. The number of rotatable bonds is 3. The molecule has 1 aromatic heterocycles. The van der Waals surface area contributed by atoms with E-state index in [-0.39, 0.29) is 5.91 Å². The summed E-state index contributed by atoms with van der Waals surface area (Å²) in [7, 11) is 0. The Balaban J connectivity index is 1.21. The number of nitrogens with one attached hydrogen (secondary N) is 1. The molecule has 2 aromatic carbocycles. The number of nitrogens with zero attached hydrogens (tertiary/aromatic N) is 3. The summed E-state index contributed by atoms with van der Waals surface area (Å²) < 4.78 is 0. The van der Waals surface area contributed by atoms with Gasteiger partial charge >= 0.3 is 0 Å². The standard InChI is InChI=1S/C22H22N4O/c27-22(21-12-20(23-24-21)17-7-2-1-3-8-17)26-14-19(15-26)25-11-10-16-6-4-5-9-18(16)13-25/h1-9,12,19H,10-11,13-15H2,(H,23,24). The lowest BCUT2D eigenvalue weighted by Crippen LogP contribution is -2.61. The number of hydrogen-bond donors (Lipinski definition) is 1. The van der Waals surface area contributed by atoms with Gasteiger partial charge in [-0.25, -0.2) is 0 Å². The van der Waals surface area contributed by atoms with Gasteiger partial charge in [0.15, 0.2) is 0 Å². The van der Waals surface area contributed by atoms with E-state index in [0.717, 1.165) is 43.9 Å². The van der Waals surface area contributed by atoms with Crippen LogP contribution in [0.3, 0.4) is 0 Å². The number of likely N-dealkylation sites (tertiary alicyclic amines) is 1. The van der Waals surface area contributed by atoms with Crippen LogP contribution in [0.1, 0.15) is 21.6 Å². The molecular formula is C22H22N4O. The van der Waals surface area contributed by atoms with E-state index in [0.29, 0.717) is 11.7 Å². The summed E-state index contributed by atoms with van der Waals surface area (Å²) in [5.74, 6) is 0.0401. The van der Waals surface area contributed by atoms with E-state index in [1.807, 2.05) is 41.3 Å². The van der Waals surface area contributed by atoms with E-state index >= 15 is 0 Å². The highest BCUT2D eigenvalue weighted by molar-refractivity contribution is 5.94. The first-order chi connectivity index (χ1) is 13.3. The van der Waals surface area contributed by atoms with E-state index in [2.05, 4.69) is 39.4 Å². The second-order valence-electron chi connectivity index (χ2n) is 7.39. The fourth-order valence-corrected chi connectivity index (χ4v) is 4.04. The van der Waals surface area contributed by atoms with E-state index in [1.165, 1.54) is 11.1 Å². The summed E-state index contributed by atoms with van der Waals surface area (Å²) in [5.41, 5.74) is 5.28. The zero-order valence-electron chi connectivity index (χ0n) is 15.1. The quantitative estimate of drug-likeness (QED) is 0.783. The van der Waals surface area contributed by atoms with Crippen LogP contribution in [0.5, 0.6) is 0 Å². The predicted molar refractivity (Wildman–Crippen MR) is 104 cm³/mol. The third kappa shape index (κ3) is 3.04. The van der Waals surface area contributed by atoms with Crippen LogP contribution in [0.15, 0.2) is 60.7 Å². The van der Waals surface area contributed by atoms with Crippen LogP contribution in [0.25, 0.3) is 11.3 Å². The third-order valence-electron chi connectivity index (χ3n) is 5.70. The van der Waals surface area contributed by atoms with Crippen molar-refractivity contribution in [2.45, 2.75) is 19.0 Å². The lowest BCUT2D eigenvalue weighted by atomic mass is 9.96. The Morgan fingerprint density at radius 3 is 2.56 bits per heavy atom. The van der Waals surface area contributed by atoms with Crippen molar-refractivity contribution < 1.29 is 4.79 Å². The molecule has 1 amide bonds. The van der Waals surface area contributed by atoms with Gasteiger partial charge in [-0.05, 0) is 23.6 Å². The molecule has 1 fully saturated rings. The Morgan fingerprint density at radius 1 is 1.00 bits per heavy atom. The highest BCUT2D eigenvalue weighted by atomic mass is 16.2. The first-order valence-corrected chi connectivity index (χ1v) is 9.49. The van der Waals surface area contributed by atoms with Gasteiger partial charge in [0, 0.05) is 37.8 Å². The minimum Gasteiger partial charge on any atom is -0.334 e. The summed E-state index contributed by atoms with van der Waals surface area (Å²) in [6.07, 6.45) is 1.10. The van der Waals surface area contributed by atoms with Crippen molar-refractivity contribution >= 4 is 5.91 Å². The molecule has 1 N–H and O–H groups in total. The maximum atomic E-state index is 12.7. The second kappa shape index (κ2) is 6.67. The van der Waals surface area contributed by atoms with Gasteiger partial charge in [0.1, 0.15) is 5.69 Å². The van der Waals surface area contributed by atoms with E-state index < -0.39 is 0 Å². The van der Waals surface area contributed by atoms with Gasteiger partial charge in [0.05, 0.1) is 5.69 Å². The molecule has 0 bridgehead atoms. The fourth-order valence-electron chi connectivity index (χ4n) is 4.04. The van der Waals surface area contributed by atoms with Gasteiger partial charge in [0.25, 0.3) is 5.91 Å². The van der Waals surface area contributed by atoms with Gasteiger partial charge < -0.3 is 4.90 Å².